The number of benzene rings is 2. The molecule has 1 aliphatic rings. The summed E-state index contributed by atoms with van der Waals surface area (Å²) < 4.78 is 29.7. The van der Waals surface area contributed by atoms with E-state index in [-0.39, 0.29) is 57.8 Å². The Morgan fingerprint density at radius 3 is 1.86 bits per heavy atom. The average molecular weight is 589 g/mol. The van der Waals surface area contributed by atoms with Gasteiger partial charge in [-0.3, -0.25) is 19.2 Å². The predicted molar refractivity (Wildman–Crippen MR) is 164 cm³/mol. The first-order valence-corrected chi connectivity index (χ1v) is 13.9. The molecule has 0 unspecified atom stereocenters. The fraction of sp³-hybridized carbons (Fsp3) is 0.353. The molecule has 0 bridgehead atoms. The van der Waals surface area contributed by atoms with Crippen molar-refractivity contribution in [3.63, 3.8) is 0 Å². The van der Waals surface area contributed by atoms with E-state index in [2.05, 4.69) is 0 Å². The van der Waals surface area contributed by atoms with Gasteiger partial charge in [-0.15, -0.1) is 0 Å². The summed E-state index contributed by atoms with van der Waals surface area (Å²) in [7, 11) is 0. The van der Waals surface area contributed by atoms with Gasteiger partial charge in [0, 0.05) is 43.5 Å². The van der Waals surface area contributed by atoms with Crippen LogP contribution in [-0.2, 0) is 27.2 Å². The molecule has 9 nitrogen and oxygen atoms in total. The average Bonchev–Trinajstić information content (AvgIpc) is 2.86. The lowest BCUT2D eigenvalue weighted by atomic mass is 9.93. The molecule has 1 aromatic heterocycles. The van der Waals surface area contributed by atoms with Crippen LogP contribution < -0.4 is 24.4 Å². The maximum Gasteiger partial charge on any atom is 0.308 e. The third-order valence-corrected chi connectivity index (χ3v) is 6.66. The molecule has 226 valence electrons. The molecular formula is C34H36O9. The Balaban J connectivity index is 2.32. The number of esters is 3. The van der Waals surface area contributed by atoms with Crippen molar-refractivity contribution < 1.29 is 37.7 Å². The lowest BCUT2D eigenvalue weighted by Crippen LogP contribution is -2.29. The molecule has 0 saturated heterocycles. The molecule has 0 saturated carbocycles. The molecule has 2 aromatic carbocycles. The monoisotopic (exact) mass is 588 g/mol. The molecule has 0 amide bonds. The van der Waals surface area contributed by atoms with Gasteiger partial charge < -0.3 is 23.4 Å². The van der Waals surface area contributed by atoms with E-state index in [4.69, 9.17) is 23.4 Å². The maximum atomic E-state index is 14.6. The number of hydrogen-bond acceptors (Lipinski definition) is 9. The van der Waals surface area contributed by atoms with Gasteiger partial charge in [0.2, 0.25) is 5.43 Å². The van der Waals surface area contributed by atoms with Gasteiger partial charge in [-0.25, -0.2) is 0 Å². The van der Waals surface area contributed by atoms with Crippen LogP contribution in [0.4, 0.5) is 0 Å². The van der Waals surface area contributed by atoms with Gasteiger partial charge in [-0.2, -0.15) is 0 Å². The highest BCUT2D eigenvalue weighted by atomic mass is 16.6. The van der Waals surface area contributed by atoms with Crippen LogP contribution in [0.3, 0.4) is 0 Å². The zero-order valence-electron chi connectivity index (χ0n) is 26.0. The van der Waals surface area contributed by atoms with Crippen LogP contribution in [0.25, 0.3) is 28.0 Å². The summed E-state index contributed by atoms with van der Waals surface area (Å²) >= 11 is 0. The van der Waals surface area contributed by atoms with Crippen LogP contribution in [0.5, 0.6) is 23.0 Å². The molecule has 0 N–H and O–H groups in total. The third kappa shape index (κ3) is 6.56. The summed E-state index contributed by atoms with van der Waals surface area (Å²) in [6.45, 7) is 15.1. The van der Waals surface area contributed by atoms with Crippen molar-refractivity contribution in [3.8, 4) is 23.0 Å². The molecule has 9 heteroatoms. The number of carbonyl (C=O) groups is 3. The fourth-order valence-corrected chi connectivity index (χ4v) is 4.86. The van der Waals surface area contributed by atoms with E-state index >= 15 is 0 Å². The Bertz CT molecular complexity index is 1820. The zero-order chi connectivity index (χ0) is 31.8. The summed E-state index contributed by atoms with van der Waals surface area (Å²) in [5.41, 5.74) is 2.17. The highest BCUT2D eigenvalue weighted by molar-refractivity contribution is 6.04. The molecule has 0 fully saturated rings. The van der Waals surface area contributed by atoms with Crippen molar-refractivity contribution in [3.05, 3.63) is 62.4 Å². The molecule has 1 aliphatic heterocycles. The Labute approximate surface area is 249 Å². The SMILES string of the molecule is CC(=O)Oc1cc(OC(C)=O)c2c(=O)c3c4c(c(OC(C)=O)c(CC=C(C)C)c3oc2c1CC=C(C)C)OC(C)(C)C=C4. The van der Waals surface area contributed by atoms with E-state index in [1.54, 1.807) is 12.2 Å². The van der Waals surface area contributed by atoms with E-state index in [1.807, 2.05) is 53.7 Å². The Morgan fingerprint density at radius 1 is 0.767 bits per heavy atom. The number of hydrogen-bond donors (Lipinski definition) is 0. The van der Waals surface area contributed by atoms with Crippen LogP contribution in [0.15, 0.2) is 44.7 Å². The van der Waals surface area contributed by atoms with Crippen molar-refractivity contribution in [1.29, 1.82) is 0 Å². The van der Waals surface area contributed by atoms with Gasteiger partial charge in [0.1, 0.15) is 33.7 Å². The quantitative estimate of drug-likeness (QED) is 0.125. The number of allylic oxidation sites excluding steroid dienone is 4. The Kier molecular flexibility index (Phi) is 8.67. The van der Waals surface area contributed by atoms with Crippen LogP contribution in [0.2, 0.25) is 0 Å². The molecule has 43 heavy (non-hydrogen) atoms. The number of carbonyl (C=O) groups excluding carboxylic acids is 3. The summed E-state index contributed by atoms with van der Waals surface area (Å²) in [5.74, 6) is -1.49. The normalized spacial score (nSPS) is 13.1. The van der Waals surface area contributed by atoms with E-state index < -0.39 is 28.9 Å². The first kappa shape index (κ1) is 31.3. The second-order valence-electron chi connectivity index (χ2n) is 11.5. The smallest absolute Gasteiger partial charge is 0.308 e. The lowest BCUT2D eigenvalue weighted by Gasteiger charge is -2.30. The van der Waals surface area contributed by atoms with Crippen molar-refractivity contribution in [2.24, 2.45) is 0 Å². The Hall–Kier alpha value is -4.66. The minimum absolute atomic E-state index is 0.00425. The first-order valence-electron chi connectivity index (χ1n) is 13.9. The van der Waals surface area contributed by atoms with Gasteiger partial charge in [0.05, 0.1) is 5.39 Å². The molecule has 0 atom stereocenters. The van der Waals surface area contributed by atoms with E-state index in [9.17, 15) is 19.2 Å². The van der Waals surface area contributed by atoms with Crippen LogP contribution in [0, 0.1) is 0 Å². The Morgan fingerprint density at radius 2 is 1.30 bits per heavy atom. The van der Waals surface area contributed by atoms with Crippen LogP contribution in [0.1, 0.15) is 79.0 Å². The van der Waals surface area contributed by atoms with E-state index in [0.29, 0.717) is 16.7 Å². The van der Waals surface area contributed by atoms with Gasteiger partial charge in [-0.05, 0) is 60.5 Å². The van der Waals surface area contributed by atoms with Gasteiger partial charge >= 0.3 is 17.9 Å². The lowest BCUT2D eigenvalue weighted by molar-refractivity contribution is -0.133. The fourth-order valence-electron chi connectivity index (χ4n) is 4.86. The third-order valence-electron chi connectivity index (χ3n) is 6.66. The topological polar surface area (TPSA) is 118 Å². The summed E-state index contributed by atoms with van der Waals surface area (Å²) in [6, 6.07) is 1.36. The van der Waals surface area contributed by atoms with Crippen molar-refractivity contribution in [1.82, 2.24) is 0 Å². The first-order chi connectivity index (χ1) is 20.1. The van der Waals surface area contributed by atoms with E-state index in [0.717, 1.165) is 11.1 Å². The molecule has 4 rings (SSSR count). The zero-order valence-corrected chi connectivity index (χ0v) is 26.0. The molecule has 0 aliphatic carbocycles. The maximum absolute atomic E-state index is 14.6. The number of rotatable bonds is 7. The van der Waals surface area contributed by atoms with Gasteiger partial charge in [0.15, 0.2) is 11.5 Å². The van der Waals surface area contributed by atoms with Gasteiger partial charge in [-0.1, -0.05) is 29.4 Å². The van der Waals surface area contributed by atoms with Gasteiger partial charge in [0.25, 0.3) is 0 Å². The minimum atomic E-state index is -0.764. The molecule has 0 radical (unpaired) electrons. The summed E-state index contributed by atoms with van der Waals surface area (Å²) in [4.78, 5) is 51.2. The van der Waals surface area contributed by atoms with Crippen LogP contribution in [-0.4, -0.2) is 23.5 Å². The van der Waals surface area contributed by atoms with Crippen molar-refractivity contribution in [2.75, 3.05) is 0 Å². The molecule has 2 heterocycles. The largest absolute Gasteiger partial charge is 0.479 e. The number of ether oxygens (including phenoxy) is 4. The van der Waals surface area contributed by atoms with Crippen molar-refractivity contribution in [2.45, 2.75) is 80.8 Å². The van der Waals surface area contributed by atoms with E-state index in [1.165, 1.54) is 26.8 Å². The summed E-state index contributed by atoms with van der Waals surface area (Å²) in [5, 5.41) is 0.175. The minimum Gasteiger partial charge on any atom is -0.479 e. The summed E-state index contributed by atoms with van der Waals surface area (Å²) in [6.07, 6.45) is 7.86. The van der Waals surface area contributed by atoms with Crippen molar-refractivity contribution >= 4 is 45.9 Å². The number of fused-ring (bicyclic) bond motifs is 4. The second kappa shape index (κ2) is 11.9. The molecular weight excluding hydrogens is 552 g/mol. The second-order valence-corrected chi connectivity index (χ2v) is 11.5. The molecule has 3 aromatic rings. The highest BCUT2D eigenvalue weighted by Gasteiger charge is 2.33. The molecule has 0 spiro atoms. The van der Waals surface area contributed by atoms with Crippen LogP contribution >= 0.6 is 0 Å². The highest BCUT2D eigenvalue weighted by Crippen LogP contribution is 2.48. The standard InChI is InChI=1S/C34H36O9/c1-17(2)10-12-22-25(39-19(5)35)16-26(40-20(6)36)28-29(38)27-23-14-15-34(8,9)43-33(23)32(41-21(7)37)24(13-11-18(3)4)31(27)42-30(22)28/h10-11,14-16H,12-13H2,1-9H3. The predicted octanol–water partition coefficient (Wildman–Crippen LogP) is 6.92.